The van der Waals surface area contributed by atoms with Gasteiger partial charge in [0.25, 0.3) is 5.91 Å². The van der Waals surface area contributed by atoms with Crippen molar-refractivity contribution < 1.29 is 19.1 Å². The number of aliphatic hydroxyl groups excluding tert-OH is 1. The molecule has 0 saturated heterocycles. The largest absolute Gasteiger partial charge is 0.459 e. The second-order valence-corrected chi connectivity index (χ2v) is 4.91. The maximum atomic E-state index is 12.2. The Morgan fingerprint density at radius 2 is 2.25 bits per heavy atom. The Balaban J connectivity index is 1.83. The van der Waals surface area contributed by atoms with Crippen LogP contribution in [0.3, 0.4) is 0 Å². The van der Waals surface area contributed by atoms with Crippen molar-refractivity contribution in [3.63, 3.8) is 0 Å². The number of aliphatic hydroxyl groups is 1. The van der Waals surface area contributed by atoms with Crippen molar-refractivity contribution in [3.05, 3.63) is 24.2 Å². The highest BCUT2D eigenvalue weighted by atomic mass is 16.3. The Bertz CT molecular complexity index is 440. The molecule has 1 aromatic rings. The smallest absolute Gasteiger partial charge is 0.287 e. The molecule has 0 unspecified atom stereocenters. The highest BCUT2D eigenvalue weighted by Gasteiger charge is 2.28. The van der Waals surface area contributed by atoms with E-state index in [4.69, 9.17) is 9.52 Å². The van der Waals surface area contributed by atoms with Gasteiger partial charge in [0.2, 0.25) is 5.91 Å². The van der Waals surface area contributed by atoms with E-state index in [-0.39, 0.29) is 36.8 Å². The molecule has 0 radical (unpaired) electrons. The van der Waals surface area contributed by atoms with E-state index in [1.54, 1.807) is 17.0 Å². The third kappa shape index (κ3) is 3.60. The molecule has 6 heteroatoms. The highest BCUT2D eigenvalue weighted by molar-refractivity contribution is 5.94. The quantitative estimate of drug-likeness (QED) is 0.773. The van der Waals surface area contributed by atoms with Crippen LogP contribution in [0.1, 0.15) is 36.2 Å². The number of carbonyl (C=O) groups is 2. The normalized spacial score (nSPS) is 14.7. The molecule has 20 heavy (non-hydrogen) atoms. The number of furan rings is 1. The molecule has 110 valence electrons. The van der Waals surface area contributed by atoms with E-state index in [1.165, 1.54) is 6.26 Å². The fraction of sp³-hybridized carbons (Fsp3) is 0.571. The minimum Gasteiger partial charge on any atom is -0.459 e. The molecule has 0 aromatic carbocycles. The Kier molecular flexibility index (Phi) is 5.17. The van der Waals surface area contributed by atoms with Gasteiger partial charge in [-0.2, -0.15) is 0 Å². The van der Waals surface area contributed by atoms with Crippen molar-refractivity contribution in [3.8, 4) is 0 Å². The molecular formula is C14H20N2O4. The van der Waals surface area contributed by atoms with Crippen LogP contribution in [0, 0.1) is 0 Å². The molecule has 1 saturated carbocycles. The first kappa shape index (κ1) is 14.6. The van der Waals surface area contributed by atoms with Crippen LogP contribution in [0.2, 0.25) is 0 Å². The number of amides is 2. The molecule has 0 atom stereocenters. The van der Waals surface area contributed by atoms with E-state index in [0.29, 0.717) is 13.0 Å². The zero-order chi connectivity index (χ0) is 14.4. The number of hydrogen-bond acceptors (Lipinski definition) is 4. The first-order chi connectivity index (χ1) is 9.72. The molecule has 1 aromatic heterocycles. The number of nitrogens with zero attached hydrogens (tertiary/aromatic N) is 1. The SMILES string of the molecule is O=C(NCC(=O)N(CCCO)C1CCC1)c1ccco1. The summed E-state index contributed by atoms with van der Waals surface area (Å²) in [6.45, 7) is 0.563. The predicted octanol–water partition coefficient (Wildman–Crippen LogP) is 0.773. The summed E-state index contributed by atoms with van der Waals surface area (Å²) in [5, 5.41) is 11.5. The Labute approximate surface area is 117 Å². The van der Waals surface area contributed by atoms with Gasteiger partial charge in [-0.3, -0.25) is 9.59 Å². The summed E-state index contributed by atoms with van der Waals surface area (Å²) in [4.78, 5) is 25.6. The molecular weight excluding hydrogens is 260 g/mol. The van der Waals surface area contributed by atoms with Gasteiger partial charge >= 0.3 is 0 Å². The third-order valence-electron chi connectivity index (χ3n) is 3.54. The molecule has 6 nitrogen and oxygen atoms in total. The van der Waals surface area contributed by atoms with Crippen molar-refractivity contribution in [2.75, 3.05) is 19.7 Å². The zero-order valence-electron chi connectivity index (χ0n) is 11.4. The number of hydrogen-bond donors (Lipinski definition) is 2. The number of nitrogens with one attached hydrogen (secondary N) is 1. The van der Waals surface area contributed by atoms with Gasteiger partial charge in [-0.15, -0.1) is 0 Å². The summed E-state index contributed by atoms with van der Waals surface area (Å²) in [5.74, 6) is -0.300. The first-order valence-electron chi connectivity index (χ1n) is 6.94. The van der Waals surface area contributed by atoms with Crippen LogP contribution in [0.4, 0.5) is 0 Å². The lowest BCUT2D eigenvalue weighted by atomic mass is 9.91. The van der Waals surface area contributed by atoms with E-state index in [9.17, 15) is 9.59 Å². The van der Waals surface area contributed by atoms with Gasteiger partial charge in [-0.05, 0) is 37.8 Å². The lowest BCUT2D eigenvalue weighted by molar-refractivity contribution is -0.134. The van der Waals surface area contributed by atoms with Gasteiger partial charge in [0.1, 0.15) is 0 Å². The second kappa shape index (κ2) is 7.09. The summed E-state index contributed by atoms with van der Waals surface area (Å²) in [7, 11) is 0. The van der Waals surface area contributed by atoms with Crippen LogP contribution in [0.25, 0.3) is 0 Å². The fourth-order valence-corrected chi connectivity index (χ4v) is 2.20. The summed E-state index contributed by atoms with van der Waals surface area (Å²) in [6, 6.07) is 3.43. The summed E-state index contributed by atoms with van der Waals surface area (Å²) in [5.41, 5.74) is 0. The molecule has 2 N–H and O–H groups in total. The molecule has 0 aliphatic heterocycles. The maximum absolute atomic E-state index is 12.2. The summed E-state index contributed by atoms with van der Waals surface area (Å²) < 4.78 is 4.96. The average Bonchev–Trinajstić information content (AvgIpc) is 2.92. The lowest BCUT2D eigenvalue weighted by Crippen LogP contribution is -2.48. The molecule has 1 aliphatic rings. The van der Waals surface area contributed by atoms with E-state index < -0.39 is 0 Å². The fourth-order valence-electron chi connectivity index (χ4n) is 2.20. The van der Waals surface area contributed by atoms with Crippen LogP contribution in [-0.4, -0.2) is 47.6 Å². The summed E-state index contributed by atoms with van der Waals surface area (Å²) >= 11 is 0. The average molecular weight is 280 g/mol. The van der Waals surface area contributed by atoms with E-state index >= 15 is 0 Å². The standard InChI is InChI=1S/C14H20N2O4/c17-8-3-7-16(11-4-1-5-11)13(18)10-15-14(19)12-6-2-9-20-12/h2,6,9,11,17H,1,3-5,7-8,10H2,(H,15,19). The Hall–Kier alpha value is -1.82. The minimum atomic E-state index is -0.390. The van der Waals surface area contributed by atoms with Crippen LogP contribution in [0.15, 0.2) is 22.8 Å². The van der Waals surface area contributed by atoms with Gasteiger partial charge in [0, 0.05) is 19.2 Å². The van der Waals surface area contributed by atoms with Crippen LogP contribution >= 0.6 is 0 Å². The number of carbonyl (C=O) groups excluding carboxylic acids is 2. The number of rotatable bonds is 7. The van der Waals surface area contributed by atoms with Gasteiger partial charge < -0.3 is 19.7 Å². The van der Waals surface area contributed by atoms with E-state index in [0.717, 1.165) is 19.3 Å². The topological polar surface area (TPSA) is 82.8 Å². The second-order valence-electron chi connectivity index (χ2n) is 4.91. The molecule has 1 aliphatic carbocycles. The van der Waals surface area contributed by atoms with Crippen LogP contribution in [0.5, 0.6) is 0 Å². The van der Waals surface area contributed by atoms with Crippen LogP contribution in [-0.2, 0) is 4.79 Å². The Morgan fingerprint density at radius 1 is 1.45 bits per heavy atom. The molecule has 0 spiro atoms. The minimum absolute atomic E-state index is 0.0402. The molecule has 1 heterocycles. The maximum Gasteiger partial charge on any atom is 0.287 e. The highest BCUT2D eigenvalue weighted by Crippen LogP contribution is 2.24. The van der Waals surface area contributed by atoms with Gasteiger partial charge in [-0.25, -0.2) is 0 Å². The third-order valence-corrected chi connectivity index (χ3v) is 3.54. The van der Waals surface area contributed by atoms with Crippen molar-refractivity contribution >= 4 is 11.8 Å². The van der Waals surface area contributed by atoms with Crippen molar-refractivity contribution in [1.82, 2.24) is 10.2 Å². The molecule has 0 bridgehead atoms. The van der Waals surface area contributed by atoms with Gasteiger partial charge in [-0.1, -0.05) is 0 Å². The zero-order valence-corrected chi connectivity index (χ0v) is 11.4. The lowest BCUT2D eigenvalue weighted by Gasteiger charge is -2.37. The molecule has 2 amide bonds. The van der Waals surface area contributed by atoms with E-state index in [2.05, 4.69) is 5.32 Å². The van der Waals surface area contributed by atoms with Crippen molar-refractivity contribution in [2.24, 2.45) is 0 Å². The summed E-state index contributed by atoms with van der Waals surface area (Å²) in [6.07, 6.45) is 5.12. The van der Waals surface area contributed by atoms with E-state index in [1.807, 2.05) is 0 Å². The first-order valence-corrected chi connectivity index (χ1v) is 6.94. The monoisotopic (exact) mass is 280 g/mol. The van der Waals surface area contributed by atoms with Crippen LogP contribution < -0.4 is 5.32 Å². The van der Waals surface area contributed by atoms with Crippen molar-refractivity contribution in [2.45, 2.75) is 31.7 Å². The van der Waals surface area contributed by atoms with Crippen molar-refractivity contribution in [1.29, 1.82) is 0 Å². The molecule has 1 fully saturated rings. The molecule has 2 rings (SSSR count). The Morgan fingerprint density at radius 3 is 2.80 bits per heavy atom. The van der Waals surface area contributed by atoms with Gasteiger partial charge in [0.15, 0.2) is 5.76 Å². The predicted molar refractivity (Wildman–Crippen MR) is 72.1 cm³/mol. The van der Waals surface area contributed by atoms with Gasteiger partial charge in [0.05, 0.1) is 12.8 Å².